The van der Waals surface area contributed by atoms with Crippen molar-refractivity contribution in [2.45, 2.75) is 0 Å². The first-order valence-corrected chi connectivity index (χ1v) is 0.707. The van der Waals surface area contributed by atoms with E-state index in [4.69, 9.17) is 3.80 Å². The van der Waals surface area contributed by atoms with E-state index in [1.807, 2.05) is 0 Å². The molecule has 0 aromatic rings. The summed E-state index contributed by atoms with van der Waals surface area (Å²) in [5, 5.41) is 0. The Hall–Kier alpha value is 0.222. The van der Waals surface area contributed by atoms with E-state index in [1.165, 1.54) is 16.2 Å². The molecule has 0 heterocycles. The molecule has 4 heteroatoms. The summed E-state index contributed by atoms with van der Waals surface area (Å²) >= 11 is 1.17. The summed E-state index contributed by atoms with van der Waals surface area (Å²) < 4.78 is 8.17. The average molecular weight is 81.0 g/mol. The van der Waals surface area contributed by atoms with Gasteiger partial charge in [0.15, 0.2) is 0 Å². The molecule has 0 aromatic carbocycles. The summed E-state index contributed by atoms with van der Waals surface area (Å²) in [6.45, 7) is 0. The van der Waals surface area contributed by atoms with Crippen LogP contribution in [0.5, 0.6) is 0 Å². The van der Waals surface area contributed by atoms with Gasteiger partial charge in [-0.2, -0.15) is 0 Å². The summed E-state index contributed by atoms with van der Waals surface area (Å²) in [6.07, 6.45) is 0. The van der Waals surface area contributed by atoms with Crippen LogP contribution in [0.1, 0.15) is 0 Å². The minimum absolute atomic E-state index is 0. The number of hydrogen-bond acceptors (Lipinski definition) is 1. The third-order valence-electron chi connectivity index (χ3n) is 0. The molecule has 0 atom stereocenters. The van der Waals surface area contributed by atoms with Crippen molar-refractivity contribution in [3.05, 3.63) is 0 Å². The van der Waals surface area contributed by atoms with Crippen LogP contribution in [0, 0.1) is 0 Å². The Kier molecular flexibility index (Phi) is 2360. The van der Waals surface area contributed by atoms with Crippen molar-refractivity contribution >= 4 is 16.2 Å². The second-order valence-electron chi connectivity index (χ2n) is 0. The van der Waals surface area contributed by atoms with Crippen molar-refractivity contribution < 1.29 is 14.0 Å². The fraction of sp³-hybridized carbons (Fsp3) is 0. The second-order valence-corrected chi connectivity index (χ2v) is 0. The van der Waals surface area contributed by atoms with E-state index in [0.717, 1.165) is 0 Å². The van der Waals surface area contributed by atoms with E-state index >= 15 is 0 Å². The van der Waals surface area contributed by atoms with Crippen molar-refractivity contribution in [1.82, 2.24) is 0 Å². The zero-order chi connectivity index (χ0) is 2.00. The molecule has 0 unspecified atom stereocenters. The number of hydrogen-bond donors (Lipinski definition) is 0. The molecule has 0 aromatic heterocycles. The van der Waals surface area contributed by atoms with E-state index in [-0.39, 0.29) is 10.2 Å². The van der Waals surface area contributed by atoms with Gasteiger partial charge in [0.2, 0.25) is 0 Å². The molecule has 0 saturated heterocycles. The molecule has 0 aliphatic heterocycles. The van der Waals surface area contributed by atoms with E-state index in [9.17, 15) is 0 Å². The Labute approximate surface area is 31.1 Å². The van der Waals surface area contributed by atoms with Gasteiger partial charge in [-0.1, -0.05) is 0 Å². The Morgan fingerprint density at radius 2 is 1.25 bits per heavy atom. The van der Waals surface area contributed by atoms with Gasteiger partial charge in [0.1, 0.15) is 0 Å². The number of halogens is 1. The predicted octanol–water partition coefficient (Wildman–Crippen LogP) is -1.17. The zero-order valence-corrected chi connectivity index (χ0v) is 3.05. The predicted molar refractivity (Wildman–Crippen MR) is 12.6 cm³/mol. The fourth-order valence-electron chi connectivity index (χ4n) is 0. The molecule has 0 rings (SSSR count). The average Bonchev–Trinajstić information content (AvgIpc) is 1.00. The molecule has 4 heavy (non-hydrogen) atoms. The van der Waals surface area contributed by atoms with Crippen molar-refractivity contribution in [2.75, 3.05) is 0 Å². The maximum atomic E-state index is 8.17. The second kappa shape index (κ2) is 322. The van der Waals surface area contributed by atoms with Crippen LogP contribution in [-0.4, -0.2) is 21.7 Å². The third-order valence-corrected chi connectivity index (χ3v) is 0. The maximum absolute atomic E-state index is 8.17. The van der Waals surface area contributed by atoms with Crippen LogP contribution in [0.15, 0.2) is 0 Å². The fourth-order valence-corrected chi connectivity index (χ4v) is 0. The summed E-state index contributed by atoms with van der Waals surface area (Å²) in [5.41, 5.74) is 0. The Balaban J connectivity index is -0.00000000500. The van der Waals surface area contributed by atoms with Gasteiger partial charge >= 0.3 is 20.0 Å². The topological polar surface area (TPSA) is 48.6 Å². The van der Waals surface area contributed by atoms with Gasteiger partial charge in [-0.3, -0.25) is 4.70 Å². The number of rotatable bonds is 0. The van der Waals surface area contributed by atoms with Crippen molar-refractivity contribution in [1.29, 1.82) is 0 Å². The van der Waals surface area contributed by atoms with Crippen molar-refractivity contribution in [3.8, 4) is 0 Å². The molecule has 1 radical (unpaired) electrons. The van der Waals surface area contributed by atoms with E-state index in [1.54, 1.807) is 0 Å². The van der Waals surface area contributed by atoms with Crippen LogP contribution < -0.4 is 0 Å². The molecule has 2 N–H and O–H groups in total. The molecule has 0 aliphatic carbocycles. The van der Waals surface area contributed by atoms with Crippen LogP contribution in [0.25, 0.3) is 0 Å². The van der Waals surface area contributed by atoms with Gasteiger partial charge in [-0.25, -0.2) is 0 Å². The molecule has 25 valence electrons. The Bertz CT molecular complexity index is 6.00. The summed E-state index contributed by atoms with van der Waals surface area (Å²) in [7, 11) is 0. The standard InChI is InChI=1S/Al.FH.H2O.O/h;1H;1H2;. The first-order valence-electron chi connectivity index (χ1n) is 0.236. The molecule has 0 fully saturated rings. The monoisotopic (exact) mass is 81.0 g/mol. The molecular formula is H3AlFO2. The van der Waals surface area contributed by atoms with Gasteiger partial charge < -0.3 is 5.48 Å². The van der Waals surface area contributed by atoms with Crippen LogP contribution in [0.3, 0.4) is 0 Å². The molecule has 2 nitrogen and oxygen atoms in total. The van der Waals surface area contributed by atoms with E-state index < -0.39 is 0 Å². The van der Waals surface area contributed by atoms with Gasteiger partial charge in [0, 0.05) is 0 Å². The van der Waals surface area contributed by atoms with E-state index in [2.05, 4.69) is 0 Å². The van der Waals surface area contributed by atoms with Gasteiger partial charge in [0.25, 0.3) is 0 Å². The molecule has 0 aliphatic rings. The van der Waals surface area contributed by atoms with Crippen LogP contribution in [-0.2, 0) is 3.80 Å². The van der Waals surface area contributed by atoms with Gasteiger partial charge in [-0.05, 0) is 0 Å². The summed E-state index contributed by atoms with van der Waals surface area (Å²) in [5.74, 6) is 0. The molecule has 0 bridgehead atoms. The third kappa shape index (κ3) is 67.1. The van der Waals surface area contributed by atoms with Gasteiger partial charge in [0.05, 0.1) is 0 Å². The minimum atomic E-state index is 0. The molecule has 0 saturated carbocycles. The van der Waals surface area contributed by atoms with Crippen LogP contribution in [0.4, 0.5) is 4.70 Å². The summed E-state index contributed by atoms with van der Waals surface area (Å²) in [6, 6.07) is 0. The van der Waals surface area contributed by atoms with E-state index in [0.29, 0.717) is 0 Å². The van der Waals surface area contributed by atoms with Crippen molar-refractivity contribution in [2.24, 2.45) is 0 Å². The molecule has 0 amide bonds. The normalized spacial score (nSPS) is 0.750. The first kappa shape index (κ1) is 29.3. The van der Waals surface area contributed by atoms with Crippen molar-refractivity contribution in [3.63, 3.8) is 0 Å². The zero-order valence-electron chi connectivity index (χ0n) is 1.89. The molecular weight excluding hydrogens is 78.0 g/mol. The summed E-state index contributed by atoms with van der Waals surface area (Å²) in [4.78, 5) is 0. The van der Waals surface area contributed by atoms with Crippen LogP contribution >= 0.6 is 0 Å². The SMILES string of the molecule is F.O.[O]=[Al]. The Morgan fingerprint density at radius 3 is 1.25 bits per heavy atom. The van der Waals surface area contributed by atoms with Gasteiger partial charge in [-0.15, -0.1) is 0 Å². The Morgan fingerprint density at radius 1 is 1.25 bits per heavy atom. The molecule has 0 spiro atoms. The first-order chi connectivity index (χ1) is 1.00. The quantitative estimate of drug-likeness (QED) is 0.339. The van der Waals surface area contributed by atoms with Crippen LogP contribution in [0.2, 0.25) is 0 Å².